The minimum absolute atomic E-state index is 0.297. The zero-order valence-corrected chi connectivity index (χ0v) is 18.3. The second kappa shape index (κ2) is 11.0. The molecule has 5 unspecified atom stereocenters. The number of nitrogens with one attached hydrogen (secondary N) is 1. The van der Waals surface area contributed by atoms with Crippen LogP contribution in [-0.2, 0) is 19.2 Å². The highest BCUT2D eigenvalue weighted by Crippen LogP contribution is 2.25. The Bertz CT molecular complexity index is 661. The zero-order chi connectivity index (χ0) is 22.4. The Morgan fingerprint density at radius 3 is 2.30 bits per heavy atom. The van der Waals surface area contributed by atoms with Crippen LogP contribution in [0.25, 0.3) is 0 Å². The molecular weight excluding hydrogens is 412 g/mol. The summed E-state index contributed by atoms with van der Waals surface area (Å²) in [6.07, 6.45) is 3.29. The summed E-state index contributed by atoms with van der Waals surface area (Å²) in [7, 11) is 0. The van der Waals surface area contributed by atoms with Gasteiger partial charge in [0.2, 0.25) is 17.7 Å². The van der Waals surface area contributed by atoms with Crippen molar-refractivity contribution in [3.8, 4) is 0 Å². The van der Waals surface area contributed by atoms with Crippen molar-refractivity contribution in [1.29, 1.82) is 0 Å². The number of aliphatic carboxylic acids is 1. The molecule has 2 aliphatic heterocycles. The average Bonchev–Trinajstić information content (AvgIpc) is 3.38. The summed E-state index contributed by atoms with van der Waals surface area (Å²) in [5.41, 5.74) is 5.77. The molecule has 11 heteroatoms. The molecule has 170 valence electrons. The number of carbonyl (C=O) groups excluding carboxylic acids is 3. The van der Waals surface area contributed by atoms with Crippen LogP contribution in [-0.4, -0.2) is 99.1 Å². The smallest absolute Gasteiger partial charge is 0.326 e. The van der Waals surface area contributed by atoms with E-state index >= 15 is 0 Å². The van der Waals surface area contributed by atoms with Gasteiger partial charge in [-0.1, -0.05) is 0 Å². The Hall–Kier alpha value is -1.85. The van der Waals surface area contributed by atoms with E-state index in [1.165, 1.54) is 28.5 Å². The molecule has 10 nitrogen and oxygen atoms in total. The summed E-state index contributed by atoms with van der Waals surface area (Å²) in [4.78, 5) is 52.8. The molecule has 0 aromatic rings. The zero-order valence-electron chi connectivity index (χ0n) is 17.5. The highest BCUT2D eigenvalue weighted by Gasteiger charge is 2.43. The van der Waals surface area contributed by atoms with E-state index in [1.807, 2.05) is 6.26 Å². The van der Waals surface area contributed by atoms with Crippen molar-refractivity contribution in [2.45, 2.75) is 69.3 Å². The third-order valence-electron chi connectivity index (χ3n) is 5.69. The molecule has 0 bridgehead atoms. The third kappa shape index (κ3) is 5.64. The van der Waals surface area contributed by atoms with Crippen LogP contribution in [0.2, 0.25) is 0 Å². The van der Waals surface area contributed by atoms with Crippen LogP contribution in [0.3, 0.4) is 0 Å². The number of amides is 3. The number of hydrogen-bond acceptors (Lipinski definition) is 7. The molecule has 0 radical (unpaired) electrons. The molecule has 0 aromatic carbocycles. The van der Waals surface area contributed by atoms with Gasteiger partial charge in [0, 0.05) is 13.1 Å². The first-order valence-corrected chi connectivity index (χ1v) is 11.6. The standard InChI is InChI=1S/C19H32N4O6S/c1-11(24)15(20)18(27)23-9-4-6-14(23)17(26)22-8-3-5-13(22)16(25)21-12(19(28)29)7-10-30-2/h11-15,24H,3-10,20H2,1-2H3,(H,21,25)(H,28,29). The summed E-state index contributed by atoms with van der Waals surface area (Å²) in [5, 5.41) is 21.5. The molecule has 0 aliphatic carbocycles. The van der Waals surface area contributed by atoms with Gasteiger partial charge in [-0.3, -0.25) is 14.4 Å². The van der Waals surface area contributed by atoms with Crippen molar-refractivity contribution >= 4 is 35.5 Å². The van der Waals surface area contributed by atoms with Gasteiger partial charge >= 0.3 is 5.97 Å². The number of aliphatic hydroxyl groups is 1. The lowest BCUT2D eigenvalue weighted by Gasteiger charge is -2.32. The highest BCUT2D eigenvalue weighted by molar-refractivity contribution is 7.98. The van der Waals surface area contributed by atoms with E-state index in [0.717, 1.165) is 0 Å². The molecule has 0 aromatic heterocycles. The van der Waals surface area contributed by atoms with Crippen LogP contribution in [0.5, 0.6) is 0 Å². The van der Waals surface area contributed by atoms with Crippen LogP contribution < -0.4 is 11.1 Å². The number of hydrogen-bond donors (Lipinski definition) is 4. The minimum Gasteiger partial charge on any atom is -0.480 e. The number of thioether (sulfide) groups is 1. The molecule has 2 aliphatic rings. The number of likely N-dealkylation sites (tertiary alicyclic amines) is 2. The molecule has 3 amide bonds. The monoisotopic (exact) mass is 444 g/mol. The molecule has 0 spiro atoms. The number of aliphatic hydroxyl groups excluding tert-OH is 1. The summed E-state index contributed by atoms with van der Waals surface area (Å²) < 4.78 is 0. The van der Waals surface area contributed by atoms with Gasteiger partial charge in [0.15, 0.2) is 0 Å². The molecule has 5 N–H and O–H groups in total. The van der Waals surface area contributed by atoms with Gasteiger partial charge in [-0.25, -0.2) is 4.79 Å². The van der Waals surface area contributed by atoms with E-state index in [4.69, 9.17) is 5.73 Å². The molecule has 2 saturated heterocycles. The van der Waals surface area contributed by atoms with E-state index in [9.17, 15) is 29.4 Å². The Kier molecular flexibility index (Phi) is 8.92. The van der Waals surface area contributed by atoms with Crippen molar-refractivity contribution in [1.82, 2.24) is 15.1 Å². The highest BCUT2D eigenvalue weighted by atomic mass is 32.2. The Morgan fingerprint density at radius 1 is 1.13 bits per heavy atom. The lowest BCUT2D eigenvalue weighted by Crippen LogP contribution is -2.57. The fourth-order valence-corrected chi connectivity index (χ4v) is 4.41. The molecule has 30 heavy (non-hydrogen) atoms. The first kappa shape index (κ1) is 24.4. The number of carbonyl (C=O) groups is 4. The Balaban J connectivity index is 2.08. The van der Waals surface area contributed by atoms with E-state index in [1.54, 1.807) is 0 Å². The van der Waals surface area contributed by atoms with E-state index < -0.39 is 48.1 Å². The van der Waals surface area contributed by atoms with Gasteiger partial charge in [-0.15, -0.1) is 0 Å². The second-order valence-corrected chi connectivity index (χ2v) is 8.81. The van der Waals surface area contributed by atoms with E-state index in [2.05, 4.69) is 5.32 Å². The number of carboxylic acid groups (broad SMARTS) is 1. The number of nitrogens with zero attached hydrogens (tertiary/aromatic N) is 2. The van der Waals surface area contributed by atoms with Gasteiger partial charge in [0.1, 0.15) is 24.2 Å². The lowest BCUT2D eigenvalue weighted by molar-refractivity contribution is -0.148. The molecular formula is C19H32N4O6S. The van der Waals surface area contributed by atoms with Crippen molar-refractivity contribution in [3.63, 3.8) is 0 Å². The maximum Gasteiger partial charge on any atom is 0.326 e. The fraction of sp³-hybridized carbons (Fsp3) is 0.789. The SMILES string of the molecule is CSCCC(NC(=O)C1CCCN1C(=O)C1CCCN1C(=O)C(N)C(C)O)C(=O)O. The normalized spacial score (nSPS) is 24.4. The van der Waals surface area contributed by atoms with E-state index in [0.29, 0.717) is 50.9 Å². The number of nitrogens with two attached hydrogens (primary N) is 1. The third-order valence-corrected chi connectivity index (χ3v) is 6.33. The molecule has 2 rings (SSSR count). The number of rotatable bonds is 9. The van der Waals surface area contributed by atoms with E-state index in [-0.39, 0.29) is 5.91 Å². The average molecular weight is 445 g/mol. The second-order valence-electron chi connectivity index (χ2n) is 7.83. The van der Waals surface area contributed by atoms with Crippen LogP contribution in [0, 0.1) is 0 Å². The largest absolute Gasteiger partial charge is 0.480 e. The topological polar surface area (TPSA) is 153 Å². The van der Waals surface area contributed by atoms with Crippen molar-refractivity contribution < 1.29 is 29.4 Å². The van der Waals surface area contributed by atoms with Crippen molar-refractivity contribution in [2.75, 3.05) is 25.1 Å². The van der Waals surface area contributed by atoms with Gasteiger partial charge < -0.3 is 31.1 Å². The maximum absolute atomic E-state index is 13.2. The minimum atomic E-state index is -1.11. The lowest BCUT2D eigenvalue weighted by atomic mass is 10.1. The molecule has 5 atom stereocenters. The van der Waals surface area contributed by atoms with Crippen LogP contribution in [0.4, 0.5) is 0 Å². The summed E-state index contributed by atoms with van der Waals surface area (Å²) in [6, 6.07) is -3.58. The van der Waals surface area contributed by atoms with Crippen LogP contribution in [0.15, 0.2) is 0 Å². The first-order valence-electron chi connectivity index (χ1n) is 10.3. The molecule has 2 heterocycles. The molecule has 2 fully saturated rings. The quantitative estimate of drug-likeness (QED) is 0.353. The Morgan fingerprint density at radius 2 is 1.73 bits per heavy atom. The van der Waals surface area contributed by atoms with Crippen molar-refractivity contribution in [3.05, 3.63) is 0 Å². The fourth-order valence-electron chi connectivity index (χ4n) is 3.94. The Labute approximate surface area is 180 Å². The number of carboxylic acids is 1. The molecule has 0 saturated carbocycles. The predicted molar refractivity (Wildman–Crippen MR) is 112 cm³/mol. The van der Waals surface area contributed by atoms with Gasteiger partial charge in [0.05, 0.1) is 6.10 Å². The van der Waals surface area contributed by atoms with Gasteiger partial charge in [0.25, 0.3) is 0 Å². The first-order chi connectivity index (χ1) is 14.2. The summed E-state index contributed by atoms with van der Waals surface area (Å²) >= 11 is 1.49. The summed E-state index contributed by atoms with van der Waals surface area (Å²) in [6.45, 7) is 2.17. The predicted octanol–water partition coefficient (Wildman–Crippen LogP) is -1.00. The van der Waals surface area contributed by atoms with Gasteiger partial charge in [-0.05, 0) is 51.0 Å². The maximum atomic E-state index is 13.2. The summed E-state index contributed by atoms with van der Waals surface area (Å²) in [5.74, 6) is -1.80. The van der Waals surface area contributed by atoms with Crippen LogP contribution in [0.1, 0.15) is 39.0 Å². The van der Waals surface area contributed by atoms with Crippen molar-refractivity contribution in [2.24, 2.45) is 5.73 Å². The van der Waals surface area contributed by atoms with Gasteiger partial charge in [-0.2, -0.15) is 11.8 Å². The van der Waals surface area contributed by atoms with Crippen LogP contribution >= 0.6 is 11.8 Å².